The number of Topliss-reactive ketones (excluding diaryl/α,β-unsaturated/α-hetero) is 1. The zero-order chi connectivity index (χ0) is 25.0. The Morgan fingerprint density at radius 1 is 1.24 bits per heavy atom. The summed E-state index contributed by atoms with van der Waals surface area (Å²) in [6.07, 6.45) is 0.895. The van der Waals surface area contributed by atoms with Crippen molar-refractivity contribution in [2.24, 2.45) is 11.3 Å². The summed E-state index contributed by atoms with van der Waals surface area (Å²) in [6, 6.07) is 14.8. The third kappa shape index (κ3) is 5.28. The van der Waals surface area contributed by atoms with Gasteiger partial charge in [-0.2, -0.15) is 0 Å². The molecule has 5 N–H and O–H groups in total. The molecule has 1 heterocycles. The second-order valence-corrected chi connectivity index (χ2v) is 10.5. The van der Waals surface area contributed by atoms with Crippen LogP contribution >= 0.6 is 22.9 Å². The minimum absolute atomic E-state index is 0.00696. The number of halogens is 2. The molecule has 0 saturated carbocycles. The largest absolute Gasteiger partial charge is 0.395 e. The van der Waals surface area contributed by atoms with Crippen molar-refractivity contribution >= 4 is 40.1 Å². The third-order valence-corrected chi connectivity index (χ3v) is 7.81. The zero-order valence-electron chi connectivity index (χ0n) is 19.6. The number of ketones is 1. The predicted octanol–water partition coefficient (Wildman–Crippen LogP) is 5.68. The summed E-state index contributed by atoms with van der Waals surface area (Å²) in [5.41, 5.74) is 7.40. The molecule has 0 amide bonds. The topological polar surface area (TPSA) is 92.6 Å². The van der Waals surface area contributed by atoms with Gasteiger partial charge in [0.25, 0.3) is 0 Å². The van der Waals surface area contributed by atoms with Crippen LogP contribution in [0.15, 0.2) is 48.5 Å². The fourth-order valence-corrected chi connectivity index (χ4v) is 5.79. The van der Waals surface area contributed by atoms with Crippen LogP contribution in [0.5, 0.6) is 0 Å². The van der Waals surface area contributed by atoms with Gasteiger partial charge >= 0.3 is 0 Å². The van der Waals surface area contributed by atoms with Gasteiger partial charge in [-0.3, -0.25) is 4.79 Å². The monoisotopic (exact) mass is 503 g/mol. The number of aliphatic hydroxyl groups is 1. The summed E-state index contributed by atoms with van der Waals surface area (Å²) in [5, 5.41) is 11.0. The van der Waals surface area contributed by atoms with E-state index in [-0.39, 0.29) is 18.1 Å². The predicted molar refractivity (Wildman–Crippen MR) is 139 cm³/mol. The van der Waals surface area contributed by atoms with Crippen LogP contribution in [-0.4, -0.2) is 17.4 Å². The number of carbonyl (C=O) groups excluding carboxylic acids is 1. The van der Waals surface area contributed by atoms with Crippen molar-refractivity contribution in [3.63, 3.8) is 0 Å². The first kappa shape index (κ1) is 26.2. The van der Waals surface area contributed by atoms with Crippen LogP contribution in [0.2, 0.25) is 4.34 Å². The van der Waals surface area contributed by atoms with Crippen molar-refractivity contribution in [2.75, 3.05) is 17.3 Å². The molecule has 0 aliphatic carbocycles. The Morgan fingerprint density at radius 2 is 1.91 bits per heavy atom. The van der Waals surface area contributed by atoms with Crippen molar-refractivity contribution in [3.8, 4) is 0 Å². The Bertz CT molecular complexity index is 1150. The Hall–Kier alpha value is -2.45. The zero-order valence-corrected chi connectivity index (χ0v) is 21.2. The molecule has 5 nitrogen and oxygen atoms in total. The van der Waals surface area contributed by atoms with Crippen molar-refractivity contribution in [1.82, 2.24) is 0 Å². The maximum absolute atomic E-state index is 15.7. The minimum atomic E-state index is -0.975. The molecule has 0 aliphatic heterocycles. The number of aryl methyl sites for hydroxylation is 1. The lowest BCUT2D eigenvalue weighted by atomic mass is 9.69. The van der Waals surface area contributed by atoms with Gasteiger partial charge in [0.15, 0.2) is 5.82 Å². The molecular formula is C26H31ClFN3O2S. The highest BCUT2D eigenvalue weighted by molar-refractivity contribution is 7.16. The second-order valence-electron chi connectivity index (χ2n) is 8.86. The molecule has 34 heavy (non-hydrogen) atoms. The number of hydrogen-bond acceptors (Lipinski definition) is 6. The van der Waals surface area contributed by atoms with E-state index in [9.17, 15) is 9.90 Å². The minimum Gasteiger partial charge on any atom is -0.395 e. The first-order valence-electron chi connectivity index (χ1n) is 11.2. The van der Waals surface area contributed by atoms with E-state index in [1.165, 1.54) is 16.3 Å². The Morgan fingerprint density at radius 3 is 2.50 bits per heavy atom. The van der Waals surface area contributed by atoms with Crippen molar-refractivity contribution in [3.05, 3.63) is 80.3 Å². The van der Waals surface area contributed by atoms with Gasteiger partial charge in [-0.05, 0) is 36.6 Å². The molecule has 3 aromatic rings. The van der Waals surface area contributed by atoms with Gasteiger partial charge in [-0.1, -0.05) is 61.8 Å². The van der Waals surface area contributed by atoms with Crippen molar-refractivity contribution in [1.29, 1.82) is 0 Å². The summed E-state index contributed by atoms with van der Waals surface area (Å²) in [6.45, 7) is 5.69. The van der Waals surface area contributed by atoms with Crippen LogP contribution in [0.4, 0.5) is 15.8 Å². The standard InChI is InChI=1S/C26H31ClFN3O2S/c1-4-31(30)19-12-11-18(23(28)24(19)29)22(20-14-17(15-32)25(27)34-20)26(2,3)21(33)13-10-16-8-6-5-7-9-16/h5-9,11-12,14,22,32H,4,10,13,15,29-30H2,1-3H3. The highest BCUT2D eigenvalue weighted by Gasteiger charge is 2.41. The molecule has 1 atom stereocenters. The molecule has 182 valence electrons. The average Bonchev–Trinajstić information content (AvgIpc) is 3.20. The van der Waals surface area contributed by atoms with Crippen LogP contribution in [0.25, 0.3) is 0 Å². The second kappa shape index (κ2) is 10.9. The SMILES string of the molecule is CCN(N)c1ccc(C(c2cc(CO)c(Cl)s2)C(C)(C)C(=O)CCc2ccccc2)c(F)c1N. The van der Waals surface area contributed by atoms with E-state index >= 15 is 4.39 Å². The van der Waals surface area contributed by atoms with Gasteiger partial charge < -0.3 is 15.8 Å². The molecule has 0 saturated heterocycles. The van der Waals surface area contributed by atoms with Crippen LogP contribution in [-0.2, 0) is 17.8 Å². The Labute approximate surface area is 209 Å². The molecule has 1 unspecified atom stereocenters. The Kier molecular flexibility index (Phi) is 8.36. The molecule has 3 rings (SSSR count). The van der Waals surface area contributed by atoms with Crippen molar-refractivity contribution in [2.45, 2.75) is 46.1 Å². The number of nitrogens with zero attached hydrogens (tertiary/aromatic N) is 1. The molecule has 0 aliphatic rings. The van der Waals surface area contributed by atoms with E-state index in [0.29, 0.717) is 45.4 Å². The van der Waals surface area contributed by atoms with E-state index in [2.05, 4.69) is 0 Å². The van der Waals surface area contributed by atoms with Gasteiger partial charge in [0, 0.05) is 34.7 Å². The lowest BCUT2D eigenvalue weighted by molar-refractivity contribution is -0.127. The quantitative estimate of drug-likeness (QED) is 0.188. The fourth-order valence-electron chi connectivity index (χ4n) is 4.20. The van der Waals surface area contributed by atoms with Gasteiger partial charge in [-0.15, -0.1) is 11.3 Å². The number of aliphatic hydroxyl groups excluding tert-OH is 1. The number of thiophene rings is 1. The van der Waals surface area contributed by atoms with Gasteiger partial charge in [0.1, 0.15) is 5.78 Å². The summed E-state index contributed by atoms with van der Waals surface area (Å²) in [7, 11) is 0. The molecule has 2 aromatic carbocycles. The van der Waals surface area contributed by atoms with Crippen LogP contribution in [0.1, 0.15) is 54.7 Å². The van der Waals surface area contributed by atoms with Crippen LogP contribution in [0.3, 0.4) is 0 Å². The number of anilines is 2. The van der Waals surface area contributed by atoms with E-state index < -0.39 is 17.2 Å². The molecule has 8 heteroatoms. The van der Waals surface area contributed by atoms with Crippen molar-refractivity contribution < 1.29 is 14.3 Å². The van der Waals surface area contributed by atoms with Gasteiger partial charge in [0.05, 0.1) is 22.3 Å². The van der Waals surface area contributed by atoms with Crippen LogP contribution < -0.4 is 16.6 Å². The van der Waals surface area contributed by atoms with Gasteiger partial charge in [-0.25, -0.2) is 10.2 Å². The summed E-state index contributed by atoms with van der Waals surface area (Å²) in [5.74, 6) is 4.70. The first-order chi connectivity index (χ1) is 16.1. The van der Waals surface area contributed by atoms with E-state index in [4.69, 9.17) is 23.2 Å². The number of benzene rings is 2. The van der Waals surface area contributed by atoms with Gasteiger partial charge in [0.2, 0.25) is 0 Å². The Balaban J connectivity index is 2.07. The molecule has 0 fully saturated rings. The van der Waals surface area contributed by atoms with E-state index in [1.54, 1.807) is 18.2 Å². The van der Waals surface area contributed by atoms with Crippen LogP contribution in [0, 0.1) is 11.2 Å². The number of nitrogen functional groups attached to an aromatic ring is 1. The highest BCUT2D eigenvalue weighted by atomic mass is 35.5. The average molecular weight is 504 g/mol. The summed E-state index contributed by atoms with van der Waals surface area (Å²) >= 11 is 7.58. The number of hydrogen-bond donors (Lipinski definition) is 3. The normalized spacial score (nSPS) is 12.6. The number of carbonyl (C=O) groups is 1. The summed E-state index contributed by atoms with van der Waals surface area (Å²) < 4.78 is 16.1. The molecule has 0 spiro atoms. The van der Waals surface area contributed by atoms with E-state index in [0.717, 1.165) is 5.56 Å². The fraction of sp³-hybridized carbons (Fsp3) is 0.346. The molecule has 0 radical (unpaired) electrons. The maximum Gasteiger partial charge on any atom is 0.152 e. The summed E-state index contributed by atoms with van der Waals surface area (Å²) in [4.78, 5) is 14.2. The number of nitrogens with two attached hydrogens (primary N) is 2. The van der Waals surface area contributed by atoms with E-state index in [1.807, 2.05) is 51.1 Å². The molecule has 1 aromatic heterocycles. The highest BCUT2D eigenvalue weighted by Crippen LogP contribution is 2.48. The lowest BCUT2D eigenvalue weighted by Gasteiger charge is -2.34. The first-order valence-corrected chi connectivity index (χ1v) is 12.4. The molecule has 0 bridgehead atoms. The molecular weight excluding hydrogens is 473 g/mol. The maximum atomic E-state index is 15.7. The number of hydrazine groups is 1. The smallest absolute Gasteiger partial charge is 0.152 e. The lowest BCUT2D eigenvalue weighted by Crippen LogP contribution is -2.34. The number of rotatable bonds is 10. The third-order valence-electron chi connectivity index (χ3n) is 6.30.